The average molecular weight is 280 g/mol. The molecule has 0 saturated carbocycles. The largest absolute Gasteiger partial charge is 0.342 e. The Bertz CT molecular complexity index is 518. The van der Waals surface area contributed by atoms with Crippen LogP contribution in [0, 0.1) is 12.3 Å². The monoisotopic (exact) mass is 280 g/mol. The zero-order valence-corrected chi connectivity index (χ0v) is 12.3. The van der Waals surface area contributed by atoms with Crippen LogP contribution in [0.5, 0.6) is 0 Å². The minimum Gasteiger partial charge on any atom is -0.342 e. The molecule has 0 bridgehead atoms. The number of aromatic nitrogens is 2. The number of aryl methyl sites for hydroxylation is 1. The summed E-state index contributed by atoms with van der Waals surface area (Å²) < 4.78 is 4.88. The molecule has 1 atom stereocenters. The Labute approximate surface area is 117 Å². The van der Waals surface area contributed by atoms with Crippen LogP contribution in [-0.2, 0) is 16.0 Å². The topological polar surface area (TPSA) is 88.3 Å². The van der Waals surface area contributed by atoms with Gasteiger partial charge in [0, 0.05) is 19.9 Å². The van der Waals surface area contributed by atoms with Crippen LogP contribution in [0.2, 0.25) is 0 Å². The molecule has 20 heavy (non-hydrogen) atoms. The third kappa shape index (κ3) is 3.15. The van der Waals surface area contributed by atoms with Crippen LogP contribution < -0.4 is 5.32 Å². The fourth-order valence-corrected chi connectivity index (χ4v) is 2.16. The van der Waals surface area contributed by atoms with Crippen LogP contribution in [0.4, 0.5) is 0 Å². The van der Waals surface area contributed by atoms with Crippen molar-refractivity contribution in [3.05, 3.63) is 11.7 Å². The molecule has 1 aliphatic heterocycles. The summed E-state index contributed by atoms with van der Waals surface area (Å²) in [6, 6.07) is -0.490. The fourth-order valence-electron chi connectivity index (χ4n) is 2.16. The maximum Gasteiger partial charge on any atom is 0.246 e. The van der Waals surface area contributed by atoms with E-state index in [2.05, 4.69) is 15.5 Å². The predicted octanol–water partition coefficient (Wildman–Crippen LogP) is 0.294. The van der Waals surface area contributed by atoms with Crippen molar-refractivity contribution in [3.8, 4) is 0 Å². The molecule has 0 spiro atoms. The summed E-state index contributed by atoms with van der Waals surface area (Å²) in [5, 5.41) is 6.55. The number of nitrogens with one attached hydrogen (secondary N) is 1. The second-order valence-corrected chi connectivity index (χ2v) is 6.11. The molecule has 1 aromatic heterocycles. The van der Waals surface area contributed by atoms with Gasteiger partial charge in [0.1, 0.15) is 6.04 Å². The molecule has 2 amide bonds. The molecule has 1 N–H and O–H groups in total. The maximum absolute atomic E-state index is 12.4. The molecule has 0 aromatic carbocycles. The van der Waals surface area contributed by atoms with Gasteiger partial charge in [-0.15, -0.1) is 0 Å². The van der Waals surface area contributed by atoms with Crippen LogP contribution in [0.25, 0.3) is 0 Å². The van der Waals surface area contributed by atoms with Crippen molar-refractivity contribution >= 4 is 11.8 Å². The second kappa shape index (κ2) is 5.22. The van der Waals surface area contributed by atoms with Crippen LogP contribution >= 0.6 is 0 Å². The van der Waals surface area contributed by atoms with Gasteiger partial charge in [0.2, 0.25) is 17.7 Å². The number of hydrogen-bond donors (Lipinski definition) is 1. The highest BCUT2D eigenvalue weighted by molar-refractivity contribution is 5.95. The molecule has 1 aliphatic rings. The minimum absolute atomic E-state index is 0.0580. The van der Waals surface area contributed by atoms with Crippen LogP contribution in [0.15, 0.2) is 4.52 Å². The molecule has 0 aliphatic carbocycles. The molecule has 1 aromatic rings. The van der Waals surface area contributed by atoms with E-state index in [9.17, 15) is 9.59 Å². The minimum atomic E-state index is -0.490. The zero-order chi connectivity index (χ0) is 14.9. The molecule has 7 nitrogen and oxygen atoms in total. The fraction of sp³-hybridized carbons (Fsp3) is 0.692. The van der Waals surface area contributed by atoms with Crippen LogP contribution in [0.1, 0.15) is 32.5 Å². The first-order valence-corrected chi connectivity index (χ1v) is 6.64. The first-order chi connectivity index (χ1) is 9.27. The number of amides is 2. The molecule has 1 unspecified atom stereocenters. The first kappa shape index (κ1) is 14.5. The second-order valence-electron chi connectivity index (χ2n) is 6.11. The van der Waals surface area contributed by atoms with Gasteiger partial charge in [-0.25, -0.2) is 0 Å². The molecule has 110 valence electrons. The Balaban J connectivity index is 2.03. The van der Waals surface area contributed by atoms with Gasteiger partial charge in [-0.1, -0.05) is 25.9 Å². The van der Waals surface area contributed by atoms with E-state index in [0.29, 0.717) is 24.7 Å². The molecule has 2 heterocycles. The number of nitrogens with zero attached hydrogens (tertiary/aromatic N) is 3. The highest BCUT2D eigenvalue weighted by Crippen LogP contribution is 2.23. The Morgan fingerprint density at radius 3 is 2.65 bits per heavy atom. The molecule has 1 saturated heterocycles. The lowest BCUT2D eigenvalue weighted by Gasteiger charge is -2.38. The van der Waals surface area contributed by atoms with Crippen molar-refractivity contribution in [1.29, 1.82) is 0 Å². The summed E-state index contributed by atoms with van der Waals surface area (Å²) in [5.74, 6) is 0.856. The SMILES string of the molecule is Cc1nc(CCN2CC(=O)NC(C(C)(C)C)C2=O)no1. The highest BCUT2D eigenvalue weighted by Gasteiger charge is 2.39. The number of rotatable bonds is 3. The van der Waals surface area contributed by atoms with E-state index in [4.69, 9.17) is 4.52 Å². The van der Waals surface area contributed by atoms with Crippen molar-refractivity contribution < 1.29 is 14.1 Å². The van der Waals surface area contributed by atoms with Gasteiger partial charge < -0.3 is 14.7 Å². The Hall–Kier alpha value is -1.92. The van der Waals surface area contributed by atoms with Gasteiger partial charge in [0.15, 0.2) is 5.82 Å². The number of piperazine rings is 1. The zero-order valence-electron chi connectivity index (χ0n) is 12.3. The smallest absolute Gasteiger partial charge is 0.246 e. The summed E-state index contributed by atoms with van der Waals surface area (Å²) >= 11 is 0. The third-order valence-electron chi connectivity index (χ3n) is 3.24. The number of carbonyl (C=O) groups excluding carboxylic acids is 2. The molecule has 2 rings (SSSR count). The van der Waals surface area contributed by atoms with Crippen molar-refractivity contribution in [2.75, 3.05) is 13.1 Å². The van der Waals surface area contributed by atoms with Crippen molar-refractivity contribution in [2.24, 2.45) is 5.41 Å². The maximum atomic E-state index is 12.4. The van der Waals surface area contributed by atoms with Gasteiger partial charge in [0.05, 0.1) is 6.54 Å². The molecule has 0 radical (unpaired) electrons. The first-order valence-electron chi connectivity index (χ1n) is 6.64. The number of hydrogen-bond acceptors (Lipinski definition) is 5. The van der Waals surface area contributed by atoms with E-state index >= 15 is 0 Å². The summed E-state index contributed by atoms with van der Waals surface area (Å²) in [5.41, 5.74) is -0.311. The van der Waals surface area contributed by atoms with Gasteiger partial charge in [-0.2, -0.15) is 4.98 Å². The predicted molar refractivity (Wildman–Crippen MR) is 70.7 cm³/mol. The lowest BCUT2D eigenvalue weighted by molar-refractivity contribution is -0.147. The van der Waals surface area contributed by atoms with Crippen LogP contribution in [0.3, 0.4) is 0 Å². The quantitative estimate of drug-likeness (QED) is 0.860. The normalized spacial score (nSPS) is 20.2. The lowest BCUT2D eigenvalue weighted by Crippen LogP contribution is -2.62. The third-order valence-corrected chi connectivity index (χ3v) is 3.24. The number of carbonyl (C=O) groups is 2. The summed E-state index contributed by atoms with van der Waals surface area (Å²) in [7, 11) is 0. The van der Waals surface area contributed by atoms with Crippen molar-refractivity contribution in [1.82, 2.24) is 20.4 Å². The summed E-state index contributed by atoms with van der Waals surface area (Å²) in [6.45, 7) is 8.01. The van der Waals surface area contributed by atoms with E-state index < -0.39 is 6.04 Å². The van der Waals surface area contributed by atoms with Gasteiger partial charge in [0.25, 0.3) is 0 Å². The van der Waals surface area contributed by atoms with E-state index in [1.807, 2.05) is 20.8 Å². The van der Waals surface area contributed by atoms with Gasteiger partial charge >= 0.3 is 0 Å². The molecular formula is C13H20N4O3. The molecular weight excluding hydrogens is 260 g/mol. The van der Waals surface area contributed by atoms with Crippen LogP contribution in [-0.4, -0.2) is 46.0 Å². The van der Waals surface area contributed by atoms with Gasteiger partial charge in [-0.3, -0.25) is 9.59 Å². The summed E-state index contributed by atoms with van der Waals surface area (Å²) in [6.07, 6.45) is 0.479. The van der Waals surface area contributed by atoms with Crippen molar-refractivity contribution in [2.45, 2.75) is 40.2 Å². The van der Waals surface area contributed by atoms with Crippen molar-refractivity contribution in [3.63, 3.8) is 0 Å². The average Bonchev–Trinajstić information content (AvgIpc) is 2.74. The Morgan fingerprint density at radius 1 is 1.40 bits per heavy atom. The standard InChI is InChI=1S/C13H20N4O3/c1-8-14-9(16-20-8)5-6-17-7-10(18)15-11(12(17)19)13(2,3)4/h11H,5-7H2,1-4H3,(H,15,18). The van der Waals surface area contributed by atoms with E-state index in [0.717, 1.165) is 0 Å². The van der Waals surface area contributed by atoms with E-state index in [1.165, 1.54) is 0 Å². The Morgan fingerprint density at radius 2 is 2.10 bits per heavy atom. The summed E-state index contributed by atoms with van der Waals surface area (Å²) in [4.78, 5) is 29.8. The van der Waals surface area contributed by atoms with E-state index in [-0.39, 0.29) is 23.8 Å². The van der Waals surface area contributed by atoms with Gasteiger partial charge in [-0.05, 0) is 5.41 Å². The Kier molecular flexibility index (Phi) is 3.78. The highest BCUT2D eigenvalue weighted by atomic mass is 16.5. The lowest BCUT2D eigenvalue weighted by atomic mass is 9.85. The molecule has 1 fully saturated rings. The molecule has 7 heteroatoms. The van der Waals surface area contributed by atoms with E-state index in [1.54, 1.807) is 11.8 Å².